The molecule has 0 aliphatic heterocycles. The average molecular weight is 372 g/mol. The lowest BCUT2D eigenvalue weighted by molar-refractivity contribution is -0.909. The van der Waals surface area contributed by atoms with E-state index in [1.165, 1.54) is 0 Å². The number of ether oxygens (including phenoxy) is 3. The topological polar surface area (TPSA) is 44.8 Å². The Bertz CT molecular complexity index is 719. The summed E-state index contributed by atoms with van der Waals surface area (Å²) in [5.74, 6) is 0.723. The molecule has 0 N–H and O–H groups in total. The Hall–Kier alpha value is -2.53. The summed E-state index contributed by atoms with van der Waals surface area (Å²) in [6, 6.07) is 15.0. The summed E-state index contributed by atoms with van der Waals surface area (Å²) in [6.07, 6.45) is -0.333. The van der Waals surface area contributed by atoms with Crippen LogP contribution >= 0.6 is 0 Å². The molecule has 0 aromatic heterocycles. The van der Waals surface area contributed by atoms with Gasteiger partial charge in [0.05, 0.1) is 39.9 Å². The van der Waals surface area contributed by atoms with E-state index >= 15 is 0 Å². The van der Waals surface area contributed by atoms with Crippen molar-refractivity contribution in [2.45, 2.75) is 20.0 Å². The molecule has 1 unspecified atom stereocenters. The van der Waals surface area contributed by atoms with Crippen LogP contribution in [0, 0.1) is 0 Å². The van der Waals surface area contributed by atoms with Crippen LogP contribution in [0.3, 0.4) is 0 Å². The summed E-state index contributed by atoms with van der Waals surface area (Å²) in [4.78, 5) is 12.9. The van der Waals surface area contributed by atoms with E-state index in [1.807, 2.05) is 30.3 Å². The first-order valence-electron chi connectivity index (χ1n) is 9.27. The summed E-state index contributed by atoms with van der Waals surface area (Å²) in [6.45, 7) is 6.94. The third-order valence-corrected chi connectivity index (χ3v) is 5.14. The van der Waals surface area contributed by atoms with Gasteiger partial charge in [-0.1, -0.05) is 30.3 Å². The molecule has 0 heterocycles. The molecular formula is C22H30NO4+. The highest BCUT2D eigenvalue weighted by Crippen LogP contribution is 2.27. The Kier molecular flexibility index (Phi) is 7.25. The fourth-order valence-electron chi connectivity index (χ4n) is 2.88. The van der Waals surface area contributed by atoms with Crippen molar-refractivity contribution in [2.24, 2.45) is 0 Å². The molecule has 0 bridgehead atoms. The Morgan fingerprint density at radius 3 is 2.00 bits per heavy atom. The smallest absolute Gasteiger partial charge is 0.339 e. The van der Waals surface area contributed by atoms with E-state index in [0.717, 1.165) is 23.1 Å². The fourth-order valence-corrected chi connectivity index (χ4v) is 2.88. The first kappa shape index (κ1) is 20.8. The third kappa shape index (κ3) is 5.47. The van der Waals surface area contributed by atoms with Gasteiger partial charge in [-0.05, 0) is 31.5 Å². The second-order valence-electron chi connectivity index (χ2n) is 6.84. The first-order chi connectivity index (χ1) is 12.9. The molecule has 0 saturated carbocycles. The molecule has 0 spiro atoms. The number of hydrogen-bond donors (Lipinski definition) is 0. The Morgan fingerprint density at radius 1 is 0.963 bits per heavy atom. The second-order valence-corrected chi connectivity index (χ2v) is 6.84. The van der Waals surface area contributed by atoms with Gasteiger partial charge in [-0.2, -0.15) is 0 Å². The average Bonchev–Trinajstić information content (AvgIpc) is 2.73. The molecule has 0 fully saturated rings. The molecule has 146 valence electrons. The fraction of sp³-hybridized carbons (Fsp3) is 0.409. The van der Waals surface area contributed by atoms with Crippen molar-refractivity contribution in [3.8, 4) is 11.5 Å². The third-order valence-electron chi connectivity index (χ3n) is 5.14. The van der Waals surface area contributed by atoms with Crippen LogP contribution in [0.25, 0.3) is 0 Å². The highest BCUT2D eigenvalue weighted by Gasteiger charge is 2.28. The maximum absolute atomic E-state index is 12.9. The number of likely N-dealkylation sites (N-methyl/N-ethyl adjacent to an activating group) is 1. The number of nitrogens with zero attached hydrogens (tertiary/aromatic N) is 1. The van der Waals surface area contributed by atoms with E-state index in [4.69, 9.17) is 14.2 Å². The van der Waals surface area contributed by atoms with Crippen molar-refractivity contribution < 1.29 is 23.5 Å². The van der Waals surface area contributed by atoms with Gasteiger partial charge < -0.3 is 18.7 Å². The second kappa shape index (κ2) is 9.42. The van der Waals surface area contributed by atoms with Gasteiger partial charge in [-0.25, -0.2) is 4.79 Å². The molecule has 5 heteroatoms. The van der Waals surface area contributed by atoms with Crippen LogP contribution in [0.15, 0.2) is 48.5 Å². The number of hydrogen-bond acceptors (Lipinski definition) is 4. The van der Waals surface area contributed by atoms with Gasteiger partial charge in [0.2, 0.25) is 0 Å². The first-order valence-corrected chi connectivity index (χ1v) is 9.27. The predicted molar refractivity (Wildman–Crippen MR) is 106 cm³/mol. The molecule has 0 aliphatic carbocycles. The van der Waals surface area contributed by atoms with Crippen molar-refractivity contribution >= 4 is 5.97 Å². The molecule has 0 saturated heterocycles. The van der Waals surface area contributed by atoms with E-state index in [1.54, 1.807) is 32.4 Å². The van der Waals surface area contributed by atoms with Crippen LogP contribution in [0.1, 0.15) is 35.9 Å². The zero-order chi connectivity index (χ0) is 19.9. The summed E-state index contributed by atoms with van der Waals surface area (Å²) < 4.78 is 17.3. The van der Waals surface area contributed by atoms with Gasteiger partial charge in [0.1, 0.15) is 18.0 Å². The maximum atomic E-state index is 12.9. The number of carbonyl (C=O) groups excluding carboxylic acids is 1. The normalized spacial score (nSPS) is 12.3. The van der Waals surface area contributed by atoms with Crippen LogP contribution in [0.5, 0.6) is 11.5 Å². The molecule has 2 aromatic carbocycles. The van der Waals surface area contributed by atoms with E-state index in [0.29, 0.717) is 23.6 Å². The molecule has 2 rings (SSSR count). The quantitative estimate of drug-likeness (QED) is 0.491. The van der Waals surface area contributed by atoms with Crippen LogP contribution in [-0.2, 0) is 4.74 Å². The predicted octanol–water partition coefficient (Wildman–Crippen LogP) is 4.09. The summed E-state index contributed by atoms with van der Waals surface area (Å²) in [5.41, 5.74) is 1.40. The van der Waals surface area contributed by atoms with Crippen molar-refractivity contribution in [3.63, 3.8) is 0 Å². The van der Waals surface area contributed by atoms with Gasteiger partial charge in [-0.3, -0.25) is 0 Å². The number of benzene rings is 2. The van der Waals surface area contributed by atoms with Gasteiger partial charge in [-0.15, -0.1) is 0 Å². The Morgan fingerprint density at radius 2 is 1.52 bits per heavy atom. The van der Waals surface area contributed by atoms with Crippen molar-refractivity contribution in [1.29, 1.82) is 0 Å². The molecular weight excluding hydrogens is 342 g/mol. The highest BCUT2D eigenvalue weighted by atomic mass is 16.5. The van der Waals surface area contributed by atoms with Gasteiger partial charge in [0, 0.05) is 6.07 Å². The van der Waals surface area contributed by atoms with E-state index in [-0.39, 0.29) is 12.1 Å². The summed E-state index contributed by atoms with van der Waals surface area (Å²) >= 11 is 0. The van der Waals surface area contributed by atoms with Gasteiger partial charge >= 0.3 is 5.97 Å². The summed E-state index contributed by atoms with van der Waals surface area (Å²) in [5, 5.41) is 0. The minimum atomic E-state index is -0.389. The SMILES string of the molecule is CC[N+](C)(CC)CC(OC(=O)c1cc(OC)cc(OC)c1)c1ccccc1. The minimum Gasteiger partial charge on any atom is -0.497 e. The van der Waals surface area contributed by atoms with Crippen molar-refractivity contribution in [2.75, 3.05) is 40.9 Å². The Labute approximate surface area is 162 Å². The zero-order valence-corrected chi connectivity index (χ0v) is 16.9. The Balaban J connectivity index is 2.31. The molecule has 0 aliphatic rings. The number of methoxy groups -OCH3 is 2. The lowest BCUT2D eigenvalue weighted by Gasteiger charge is -2.35. The molecule has 0 radical (unpaired) electrons. The molecule has 27 heavy (non-hydrogen) atoms. The van der Waals surface area contributed by atoms with Crippen LogP contribution in [0.2, 0.25) is 0 Å². The van der Waals surface area contributed by atoms with Gasteiger partial charge in [0.25, 0.3) is 0 Å². The molecule has 0 amide bonds. The number of rotatable bonds is 9. The molecule has 1 atom stereocenters. The molecule has 2 aromatic rings. The van der Waals surface area contributed by atoms with Crippen molar-refractivity contribution in [3.05, 3.63) is 59.7 Å². The number of quaternary nitrogens is 1. The zero-order valence-electron chi connectivity index (χ0n) is 16.9. The van der Waals surface area contributed by atoms with E-state index < -0.39 is 0 Å². The van der Waals surface area contributed by atoms with Crippen molar-refractivity contribution in [1.82, 2.24) is 0 Å². The number of carbonyl (C=O) groups is 1. The van der Waals surface area contributed by atoms with Crippen LogP contribution in [0.4, 0.5) is 0 Å². The highest BCUT2D eigenvalue weighted by molar-refractivity contribution is 5.90. The van der Waals surface area contributed by atoms with E-state index in [2.05, 4.69) is 20.9 Å². The monoisotopic (exact) mass is 372 g/mol. The van der Waals surface area contributed by atoms with Crippen LogP contribution in [-0.4, -0.2) is 51.4 Å². The van der Waals surface area contributed by atoms with E-state index in [9.17, 15) is 4.79 Å². The largest absolute Gasteiger partial charge is 0.497 e. The number of esters is 1. The minimum absolute atomic E-state index is 0.333. The lowest BCUT2D eigenvalue weighted by Crippen LogP contribution is -2.47. The maximum Gasteiger partial charge on any atom is 0.339 e. The molecule has 5 nitrogen and oxygen atoms in total. The van der Waals surface area contributed by atoms with Gasteiger partial charge in [0.15, 0.2) is 6.10 Å². The summed E-state index contributed by atoms with van der Waals surface area (Å²) in [7, 11) is 5.29. The standard InChI is InChI=1S/C22H30NO4/c1-6-23(3,7-2)16-21(17-11-9-8-10-12-17)27-22(24)18-13-19(25-4)15-20(14-18)26-5/h8-15,21H,6-7,16H2,1-5H3/q+1. The van der Waals surface area contributed by atoms with Crippen LogP contribution < -0.4 is 9.47 Å². The lowest BCUT2D eigenvalue weighted by atomic mass is 10.1.